The summed E-state index contributed by atoms with van der Waals surface area (Å²) >= 11 is 3.55. The van der Waals surface area contributed by atoms with Gasteiger partial charge in [-0.2, -0.15) is 0 Å². The Hall–Kier alpha value is -1.46. The molecule has 1 aliphatic rings. The van der Waals surface area contributed by atoms with Gasteiger partial charge in [0.15, 0.2) is 0 Å². The number of ether oxygens (including phenoxy) is 1. The number of nitrogens with one attached hydrogen (secondary N) is 1. The van der Waals surface area contributed by atoms with Gasteiger partial charge < -0.3 is 10.1 Å². The van der Waals surface area contributed by atoms with Crippen molar-refractivity contribution in [3.8, 4) is 5.75 Å². The van der Waals surface area contributed by atoms with Crippen molar-refractivity contribution in [3.63, 3.8) is 0 Å². The molecule has 5 heteroatoms. The van der Waals surface area contributed by atoms with Crippen molar-refractivity contribution in [3.05, 3.63) is 51.5 Å². The fourth-order valence-corrected chi connectivity index (χ4v) is 2.87. The Morgan fingerprint density at radius 3 is 2.95 bits per heavy atom. The molecule has 104 valence electrons. The molecule has 0 aliphatic carbocycles. The first-order chi connectivity index (χ1) is 9.72. The SMILES string of the molecule is Cc1cnc(CNCc2cc(Br)cc3c2OCC3)cn1. The topological polar surface area (TPSA) is 47.0 Å². The van der Waals surface area contributed by atoms with Crippen LogP contribution in [0, 0.1) is 6.92 Å². The third-order valence-corrected chi connectivity index (χ3v) is 3.74. The first-order valence-corrected chi connectivity index (χ1v) is 7.44. The third kappa shape index (κ3) is 2.99. The van der Waals surface area contributed by atoms with E-state index in [0.29, 0.717) is 6.54 Å². The molecule has 2 aromatic rings. The minimum Gasteiger partial charge on any atom is -0.493 e. The Bertz CT molecular complexity index is 613. The van der Waals surface area contributed by atoms with Gasteiger partial charge in [-0.15, -0.1) is 0 Å². The van der Waals surface area contributed by atoms with Crippen molar-refractivity contribution in [1.29, 1.82) is 0 Å². The Labute approximate surface area is 126 Å². The lowest BCUT2D eigenvalue weighted by molar-refractivity contribution is 0.352. The fraction of sp³-hybridized carbons (Fsp3) is 0.333. The minimum atomic E-state index is 0.703. The second-order valence-electron chi connectivity index (χ2n) is 4.90. The quantitative estimate of drug-likeness (QED) is 0.934. The molecular weight excluding hydrogens is 318 g/mol. The van der Waals surface area contributed by atoms with Gasteiger partial charge in [-0.3, -0.25) is 9.97 Å². The van der Waals surface area contributed by atoms with Crippen LogP contribution in [-0.4, -0.2) is 16.6 Å². The molecule has 1 N–H and O–H groups in total. The molecule has 3 rings (SSSR count). The van der Waals surface area contributed by atoms with E-state index < -0.39 is 0 Å². The maximum Gasteiger partial charge on any atom is 0.127 e. The highest BCUT2D eigenvalue weighted by Gasteiger charge is 2.17. The number of hydrogen-bond acceptors (Lipinski definition) is 4. The van der Waals surface area contributed by atoms with Crippen LogP contribution >= 0.6 is 15.9 Å². The van der Waals surface area contributed by atoms with Crippen LogP contribution in [0.2, 0.25) is 0 Å². The maximum atomic E-state index is 5.71. The monoisotopic (exact) mass is 333 g/mol. The summed E-state index contributed by atoms with van der Waals surface area (Å²) in [6.07, 6.45) is 4.59. The highest BCUT2D eigenvalue weighted by atomic mass is 79.9. The van der Waals surface area contributed by atoms with Crippen molar-refractivity contribution in [2.24, 2.45) is 0 Å². The lowest BCUT2D eigenvalue weighted by atomic mass is 10.1. The van der Waals surface area contributed by atoms with Crippen LogP contribution in [-0.2, 0) is 19.5 Å². The highest BCUT2D eigenvalue weighted by Crippen LogP contribution is 2.32. The molecule has 0 unspecified atom stereocenters. The second-order valence-corrected chi connectivity index (χ2v) is 5.82. The van der Waals surface area contributed by atoms with Crippen LogP contribution in [0.1, 0.15) is 22.5 Å². The zero-order valence-corrected chi connectivity index (χ0v) is 12.9. The molecule has 0 radical (unpaired) electrons. The number of aryl methyl sites for hydroxylation is 1. The molecule has 0 bridgehead atoms. The van der Waals surface area contributed by atoms with Crippen molar-refractivity contribution in [2.45, 2.75) is 26.4 Å². The van der Waals surface area contributed by atoms with E-state index in [-0.39, 0.29) is 0 Å². The number of benzene rings is 1. The molecule has 1 aromatic heterocycles. The summed E-state index contributed by atoms with van der Waals surface area (Å²) < 4.78 is 6.82. The van der Waals surface area contributed by atoms with Crippen LogP contribution in [0.4, 0.5) is 0 Å². The predicted octanol–water partition coefficient (Wildman–Crippen LogP) is 2.77. The molecule has 20 heavy (non-hydrogen) atoms. The molecule has 1 aliphatic heterocycles. The third-order valence-electron chi connectivity index (χ3n) is 3.28. The van der Waals surface area contributed by atoms with E-state index >= 15 is 0 Å². The summed E-state index contributed by atoms with van der Waals surface area (Å²) in [5.74, 6) is 1.04. The first kappa shape index (κ1) is 13.5. The number of nitrogens with zero attached hydrogens (tertiary/aromatic N) is 2. The number of halogens is 1. The Balaban J connectivity index is 1.65. The summed E-state index contributed by atoms with van der Waals surface area (Å²) in [6, 6.07) is 4.25. The lowest BCUT2D eigenvalue weighted by Crippen LogP contribution is -2.14. The number of hydrogen-bond donors (Lipinski definition) is 1. The summed E-state index contributed by atoms with van der Waals surface area (Å²) in [4.78, 5) is 8.58. The van der Waals surface area contributed by atoms with Crippen molar-refractivity contribution < 1.29 is 4.74 Å². The molecule has 0 fully saturated rings. The van der Waals surface area contributed by atoms with E-state index in [1.807, 2.05) is 13.1 Å². The average Bonchev–Trinajstić information content (AvgIpc) is 2.89. The van der Waals surface area contributed by atoms with Gasteiger partial charge in [-0.1, -0.05) is 15.9 Å². The Kier molecular flexibility index (Phi) is 3.98. The standard InChI is InChI=1S/C15H16BrN3O/c1-10-6-19-14(9-18-10)8-17-7-12-5-13(16)4-11-2-3-20-15(11)12/h4-6,9,17H,2-3,7-8H2,1H3. The van der Waals surface area contributed by atoms with Gasteiger partial charge >= 0.3 is 0 Å². The largest absolute Gasteiger partial charge is 0.493 e. The first-order valence-electron chi connectivity index (χ1n) is 6.65. The number of fused-ring (bicyclic) bond motifs is 1. The Morgan fingerprint density at radius 1 is 1.25 bits per heavy atom. The molecule has 4 nitrogen and oxygen atoms in total. The van der Waals surface area contributed by atoms with Crippen molar-refractivity contribution in [1.82, 2.24) is 15.3 Å². The molecule has 0 amide bonds. The molecule has 0 saturated carbocycles. The number of aromatic nitrogens is 2. The summed E-state index contributed by atoms with van der Waals surface area (Å²) in [5.41, 5.74) is 4.35. The minimum absolute atomic E-state index is 0.703. The van der Waals surface area contributed by atoms with Crippen LogP contribution in [0.5, 0.6) is 5.75 Å². The Morgan fingerprint density at radius 2 is 2.15 bits per heavy atom. The normalized spacial score (nSPS) is 13.1. The van der Waals surface area contributed by atoms with Gasteiger partial charge in [0.25, 0.3) is 0 Å². The average molecular weight is 334 g/mol. The van der Waals surface area contributed by atoms with Crippen molar-refractivity contribution in [2.75, 3.05) is 6.61 Å². The molecule has 0 saturated heterocycles. The van der Waals surface area contributed by atoms with E-state index in [2.05, 4.69) is 43.3 Å². The van der Waals surface area contributed by atoms with Gasteiger partial charge in [0.2, 0.25) is 0 Å². The lowest BCUT2D eigenvalue weighted by Gasteiger charge is -2.10. The van der Waals surface area contributed by atoms with Gasteiger partial charge in [-0.05, 0) is 24.6 Å². The smallest absolute Gasteiger partial charge is 0.127 e. The zero-order chi connectivity index (χ0) is 13.9. The van der Waals surface area contributed by atoms with Crippen LogP contribution in [0.3, 0.4) is 0 Å². The van der Waals surface area contributed by atoms with E-state index in [4.69, 9.17) is 4.74 Å². The van der Waals surface area contributed by atoms with E-state index in [0.717, 1.165) is 41.2 Å². The van der Waals surface area contributed by atoms with Crippen LogP contribution < -0.4 is 10.1 Å². The maximum absolute atomic E-state index is 5.71. The zero-order valence-electron chi connectivity index (χ0n) is 11.3. The summed E-state index contributed by atoms with van der Waals surface area (Å²) in [6.45, 7) is 4.18. The second kappa shape index (κ2) is 5.89. The number of rotatable bonds is 4. The van der Waals surface area contributed by atoms with Crippen molar-refractivity contribution >= 4 is 15.9 Å². The molecule has 0 spiro atoms. The fourth-order valence-electron chi connectivity index (χ4n) is 2.31. The summed E-state index contributed by atoms with van der Waals surface area (Å²) in [5, 5.41) is 3.39. The van der Waals surface area contributed by atoms with Gasteiger partial charge in [-0.25, -0.2) is 0 Å². The van der Waals surface area contributed by atoms with Crippen LogP contribution in [0.15, 0.2) is 29.0 Å². The van der Waals surface area contributed by atoms with E-state index in [9.17, 15) is 0 Å². The molecular formula is C15H16BrN3O. The summed E-state index contributed by atoms with van der Waals surface area (Å²) in [7, 11) is 0. The van der Waals surface area contributed by atoms with E-state index in [1.165, 1.54) is 11.1 Å². The van der Waals surface area contributed by atoms with Gasteiger partial charge in [0.05, 0.1) is 18.0 Å². The van der Waals surface area contributed by atoms with Gasteiger partial charge in [0, 0.05) is 41.9 Å². The molecule has 2 heterocycles. The van der Waals surface area contributed by atoms with Gasteiger partial charge in [0.1, 0.15) is 5.75 Å². The predicted molar refractivity (Wildman–Crippen MR) is 80.7 cm³/mol. The molecule has 0 atom stereocenters. The van der Waals surface area contributed by atoms with Crippen LogP contribution in [0.25, 0.3) is 0 Å². The highest BCUT2D eigenvalue weighted by molar-refractivity contribution is 9.10. The van der Waals surface area contributed by atoms with E-state index in [1.54, 1.807) is 6.20 Å². The molecule has 1 aromatic carbocycles.